The molecule has 6 heteroatoms. The summed E-state index contributed by atoms with van der Waals surface area (Å²) in [6.45, 7) is 3.76. The summed E-state index contributed by atoms with van der Waals surface area (Å²) in [5, 5.41) is 0.900. The third-order valence-corrected chi connectivity index (χ3v) is 3.35. The zero-order valence-electron chi connectivity index (χ0n) is 10.6. The van der Waals surface area contributed by atoms with Gasteiger partial charge in [0.1, 0.15) is 17.4 Å². The van der Waals surface area contributed by atoms with Crippen LogP contribution in [0.25, 0.3) is 0 Å². The van der Waals surface area contributed by atoms with Crippen LogP contribution in [0.2, 0.25) is 10.0 Å². The summed E-state index contributed by atoms with van der Waals surface area (Å²) >= 11 is 11.8. The highest BCUT2D eigenvalue weighted by Crippen LogP contribution is 2.30. The van der Waals surface area contributed by atoms with Crippen LogP contribution in [0, 0.1) is 6.92 Å². The standard InChI is InChI=1S/C13H13Cl2N3O/c1-3-11-17-12(16)7(2)13(18-11)19-8-4-5-9(14)10(15)6-8/h4-6H,3H2,1-2H3,(H2,16,17,18). The van der Waals surface area contributed by atoms with Gasteiger partial charge in [-0.15, -0.1) is 0 Å². The van der Waals surface area contributed by atoms with E-state index in [4.69, 9.17) is 33.7 Å². The zero-order chi connectivity index (χ0) is 14.0. The molecule has 1 aromatic heterocycles. The molecule has 0 aliphatic rings. The number of anilines is 1. The lowest BCUT2D eigenvalue weighted by Gasteiger charge is -2.11. The molecule has 0 saturated carbocycles. The number of nitrogens with two attached hydrogens (primary N) is 1. The molecule has 0 unspecified atom stereocenters. The van der Waals surface area contributed by atoms with Gasteiger partial charge < -0.3 is 10.5 Å². The number of hydrogen-bond donors (Lipinski definition) is 1. The second-order valence-corrected chi connectivity index (χ2v) is 4.80. The Labute approximate surface area is 121 Å². The van der Waals surface area contributed by atoms with Gasteiger partial charge in [0, 0.05) is 12.5 Å². The first-order chi connectivity index (χ1) is 9.01. The van der Waals surface area contributed by atoms with Gasteiger partial charge in [-0.2, -0.15) is 4.98 Å². The van der Waals surface area contributed by atoms with E-state index in [0.717, 1.165) is 0 Å². The quantitative estimate of drug-likeness (QED) is 0.929. The second-order valence-electron chi connectivity index (χ2n) is 3.99. The molecule has 0 saturated heterocycles. The van der Waals surface area contributed by atoms with Crippen LogP contribution in [0.15, 0.2) is 18.2 Å². The first kappa shape index (κ1) is 13.9. The predicted molar refractivity (Wildman–Crippen MR) is 77.1 cm³/mol. The SMILES string of the molecule is CCc1nc(N)c(C)c(Oc2ccc(Cl)c(Cl)c2)n1. The minimum atomic E-state index is 0.418. The maximum Gasteiger partial charge on any atom is 0.227 e. The molecular formula is C13H13Cl2N3O. The summed E-state index contributed by atoms with van der Waals surface area (Å²) in [6, 6.07) is 5.02. The zero-order valence-corrected chi connectivity index (χ0v) is 12.1. The van der Waals surface area contributed by atoms with E-state index < -0.39 is 0 Å². The van der Waals surface area contributed by atoms with Gasteiger partial charge in [0.25, 0.3) is 0 Å². The van der Waals surface area contributed by atoms with Crippen molar-refractivity contribution in [1.29, 1.82) is 0 Å². The summed E-state index contributed by atoms with van der Waals surface area (Å²) in [5.41, 5.74) is 6.52. The Morgan fingerprint density at radius 3 is 2.58 bits per heavy atom. The average Bonchev–Trinajstić information content (AvgIpc) is 2.39. The van der Waals surface area contributed by atoms with Crippen molar-refractivity contribution in [3.05, 3.63) is 39.6 Å². The van der Waals surface area contributed by atoms with E-state index >= 15 is 0 Å². The number of aromatic nitrogens is 2. The van der Waals surface area contributed by atoms with Crippen molar-refractivity contribution in [2.45, 2.75) is 20.3 Å². The Hall–Kier alpha value is -1.52. The molecule has 0 radical (unpaired) electrons. The molecule has 2 rings (SSSR count). The van der Waals surface area contributed by atoms with Gasteiger partial charge in [-0.25, -0.2) is 4.98 Å². The molecule has 0 atom stereocenters. The smallest absolute Gasteiger partial charge is 0.227 e. The van der Waals surface area contributed by atoms with E-state index in [2.05, 4.69) is 9.97 Å². The summed E-state index contributed by atoms with van der Waals surface area (Å²) in [4.78, 5) is 8.47. The lowest BCUT2D eigenvalue weighted by atomic mass is 10.3. The monoisotopic (exact) mass is 297 g/mol. The first-order valence-corrected chi connectivity index (χ1v) is 6.52. The van der Waals surface area contributed by atoms with Crippen LogP contribution >= 0.6 is 23.2 Å². The number of ether oxygens (including phenoxy) is 1. The van der Waals surface area contributed by atoms with E-state index in [1.165, 1.54) is 0 Å². The van der Waals surface area contributed by atoms with Crippen molar-refractivity contribution in [2.24, 2.45) is 0 Å². The topological polar surface area (TPSA) is 61.0 Å². The Kier molecular flexibility index (Phi) is 4.12. The maximum atomic E-state index is 5.94. The third-order valence-electron chi connectivity index (χ3n) is 2.61. The maximum absolute atomic E-state index is 5.94. The van der Waals surface area contributed by atoms with Crippen molar-refractivity contribution in [3.8, 4) is 11.6 Å². The van der Waals surface area contributed by atoms with E-state index in [1.807, 2.05) is 13.8 Å². The fourth-order valence-electron chi connectivity index (χ4n) is 1.47. The van der Waals surface area contributed by atoms with Crippen molar-refractivity contribution in [1.82, 2.24) is 9.97 Å². The van der Waals surface area contributed by atoms with Crippen LogP contribution < -0.4 is 10.5 Å². The van der Waals surface area contributed by atoms with Gasteiger partial charge in [-0.05, 0) is 19.1 Å². The molecule has 0 amide bonds. The van der Waals surface area contributed by atoms with Crippen LogP contribution in [-0.2, 0) is 6.42 Å². The van der Waals surface area contributed by atoms with Gasteiger partial charge in [-0.3, -0.25) is 0 Å². The predicted octanol–water partition coefficient (Wildman–Crippen LogP) is 4.03. The van der Waals surface area contributed by atoms with Crippen LogP contribution in [0.1, 0.15) is 18.3 Å². The molecule has 0 fully saturated rings. The fraction of sp³-hybridized carbons (Fsp3) is 0.231. The highest BCUT2D eigenvalue weighted by molar-refractivity contribution is 6.42. The Bertz CT molecular complexity index is 617. The molecule has 1 aromatic carbocycles. The lowest BCUT2D eigenvalue weighted by molar-refractivity contribution is 0.455. The number of hydrogen-bond acceptors (Lipinski definition) is 4. The van der Waals surface area contributed by atoms with Gasteiger partial charge in [0.2, 0.25) is 5.88 Å². The van der Waals surface area contributed by atoms with Gasteiger partial charge >= 0.3 is 0 Å². The summed E-state index contributed by atoms with van der Waals surface area (Å²) in [7, 11) is 0. The number of nitrogen functional groups attached to an aromatic ring is 1. The molecule has 0 aliphatic carbocycles. The van der Waals surface area contributed by atoms with Crippen LogP contribution in [-0.4, -0.2) is 9.97 Å². The number of benzene rings is 1. The van der Waals surface area contributed by atoms with Gasteiger partial charge in [0.15, 0.2) is 0 Å². The number of halogens is 2. The van der Waals surface area contributed by atoms with Crippen molar-refractivity contribution >= 4 is 29.0 Å². The molecular weight excluding hydrogens is 285 g/mol. The molecule has 100 valence electrons. The van der Waals surface area contributed by atoms with E-state index in [-0.39, 0.29) is 0 Å². The molecule has 0 bridgehead atoms. The number of rotatable bonds is 3. The van der Waals surface area contributed by atoms with Crippen molar-refractivity contribution in [2.75, 3.05) is 5.73 Å². The minimum absolute atomic E-state index is 0.418. The van der Waals surface area contributed by atoms with Crippen LogP contribution in [0.5, 0.6) is 11.6 Å². The molecule has 2 N–H and O–H groups in total. The summed E-state index contributed by atoms with van der Waals surface area (Å²) in [6.07, 6.45) is 0.683. The highest BCUT2D eigenvalue weighted by atomic mass is 35.5. The molecule has 1 heterocycles. The number of nitrogens with zero attached hydrogens (tertiary/aromatic N) is 2. The molecule has 4 nitrogen and oxygen atoms in total. The van der Waals surface area contributed by atoms with E-state index in [9.17, 15) is 0 Å². The molecule has 2 aromatic rings. The molecule has 0 spiro atoms. The Balaban J connectivity index is 2.37. The largest absolute Gasteiger partial charge is 0.438 e. The third kappa shape index (κ3) is 3.08. The van der Waals surface area contributed by atoms with Gasteiger partial charge in [-0.1, -0.05) is 30.1 Å². The van der Waals surface area contributed by atoms with Crippen LogP contribution in [0.4, 0.5) is 5.82 Å². The Morgan fingerprint density at radius 1 is 1.21 bits per heavy atom. The van der Waals surface area contributed by atoms with E-state index in [0.29, 0.717) is 45.3 Å². The van der Waals surface area contributed by atoms with Crippen LogP contribution in [0.3, 0.4) is 0 Å². The van der Waals surface area contributed by atoms with Gasteiger partial charge in [0.05, 0.1) is 15.6 Å². The Morgan fingerprint density at radius 2 is 1.95 bits per heavy atom. The molecule has 19 heavy (non-hydrogen) atoms. The van der Waals surface area contributed by atoms with Crippen molar-refractivity contribution in [3.63, 3.8) is 0 Å². The second kappa shape index (κ2) is 5.63. The van der Waals surface area contributed by atoms with Crippen molar-refractivity contribution < 1.29 is 4.74 Å². The minimum Gasteiger partial charge on any atom is -0.438 e. The summed E-state index contributed by atoms with van der Waals surface area (Å²) in [5.74, 6) is 2.04. The fourth-order valence-corrected chi connectivity index (χ4v) is 1.76. The summed E-state index contributed by atoms with van der Waals surface area (Å²) < 4.78 is 5.69. The molecule has 0 aliphatic heterocycles. The lowest BCUT2D eigenvalue weighted by Crippen LogP contribution is -2.04. The highest BCUT2D eigenvalue weighted by Gasteiger charge is 2.11. The first-order valence-electron chi connectivity index (χ1n) is 5.77. The normalized spacial score (nSPS) is 10.5. The number of aryl methyl sites for hydroxylation is 1. The average molecular weight is 298 g/mol. The van der Waals surface area contributed by atoms with E-state index in [1.54, 1.807) is 18.2 Å².